The summed E-state index contributed by atoms with van der Waals surface area (Å²) in [7, 11) is 3.20. The average molecular weight is 309 g/mol. The van der Waals surface area contributed by atoms with Crippen molar-refractivity contribution in [3.8, 4) is 17.2 Å². The van der Waals surface area contributed by atoms with E-state index in [0.29, 0.717) is 42.3 Å². The normalized spacial score (nSPS) is 11.5. The highest BCUT2D eigenvalue weighted by atomic mass is 16.5. The van der Waals surface area contributed by atoms with Crippen molar-refractivity contribution in [2.24, 2.45) is 16.6 Å². The van der Waals surface area contributed by atoms with E-state index in [9.17, 15) is 0 Å². The molecule has 0 spiro atoms. The average Bonchev–Trinajstić information content (AvgIpc) is 2.51. The lowest BCUT2D eigenvalue weighted by Crippen LogP contribution is -2.34. The molecule has 0 aliphatic carbocycles. The number of hydrogen-bond donors (Lipinski definition) is 2. The van der Waals surface area contributed by atoms with Crippen LogP contribution in [0.3, 0.4) is 0 Å². The number of aliphatic imine (C=N–C) groups is 1. The zero-order valence-electron chi connectivity index (χ0n) is 14.1. The van der Waals surface area contributed by atoms with Crippen molar-refractivity contribution in [3.05, 3.63) is 17.7 Å². The van der Waals surface area contributed by atoms with E-state index in [1.54, 1.807) is 14.2 Å². The summed E-state index contributed by atoms with van der Waals surface area (Å²) < 4.78 is 16.3. The summed E-state index contributed by atoms with van der Waals surface area (Å²) in [5.41, 5.74) is 6.78. The van der Waals surface area contributed by atoms with Crippen molar-refractivity contribution in [1.82, 2.24) is 5.32 Å². The number of nitrogens with zero attached hydrogens (tertiary/aromatic N) is 1. The smallest absolute Gasteiger partial charge is 0.203 e. The minimum atomic E-state index is 0.431. The summed E-state index contributed by atoms with van der Waals surface area (Å²) in [5.74, 6) is 2.80. The molecule has 22 heavy (non-hydrogen) atoms. The van der Waals surface area contributed by atoms with Crippen LogP contribution < -0.4 is 25.3 Å². The molecule has 0 unspecified atom stereocenters. The monoisotopic (exact) mass is 309 g/mol. The lowest BCUT2D eigenvalue weighted by atomic mass is 10.2. The first-order chi connectivity index (χ1) is 10.5. The van der Waals surface area contributed by atoms with Gasteiger partial charge >= 0.3 is 0 Å². The van der Waals surface area contributed by atoms with Crippen LogP contribution in [0.4, 0.5) is 0 Å². The number of methoxy groups -OCH3 is 2. The molecule has 0 heterocycles. The van der Waals surface area contributed by atoms with E-state index in [1.165, 1.54) is 0 Å². The molecule has 0 amide bonds. The number of nitrogens with two attached hydrogens (primary N) is 1. The van der Waals surface area contributed by atoms with Crippen molar-refractivity contribution in [3.63, 3.8) is 0 Å². The molecule has 6 nitrogen and oxygen atoms in total. The number of rotatable bonds is 8. The van der Waals surface area contributed by atoms with Crippen molar-refractivity contribution in [1.29, 1.82) is 0 Å². The van der Waals surface area contributed by atoms with E-state index >= 15 is 0 Å². The topological polar surface area (TPSA) is 78.1 Å². The fourth-order valence-electron chi connectivity index (χ4n) is 1.85. The minimum absolute atomic E-state index is 0.431. The Morgan fingerprint density at radius 2 is 1.82 bits per heavy atom. The number of hydrogen-bond acceptors (Lipinski definition) is 4. The third-order valence-electron chi connectivity index (χ3n) is 2.93. The van der Waals surface area contributed by atoms with Crippen molar-refractivity contribution >= 4 is 5.96 Å². The Bertz CT molecular complexity index is 476. The first-order valence-corrected chi connectivity index (χ1v) is 7.43. The largest absolute Gasteiger partial charge is 0.493 e. The van der Waals surface area contributed by atoms with Crippen LogP contribution in [-0.2, 0) is 6.54 Å². The Kier molecular flexibility index (Phi) is 7.36. The molecule has 1 aromatic carbocycles. The quantitative estimate of drug-likeness (QED) is 0.568. The Morgan fingerprint density at radius 3 is 2.27 bits per heavy atom. The van der Waals surface area contributed by atoms with Crippen molar-refractivity contribution < 1.29 is 14.2 Å². The third-order valence-corrected chi connectivity index (χ3v) is 2.93. The van der Waals surface area contributed by atoms with Crippen molar-refractivity contribution in [2.75, 3.05) is 27.4 Å². The van der Waals surface area contributed by atoms with Gasteiger partial charge in [0.15, 0.2) is 17.5 Å². The summed E-state index contributed by atoms with van der Waals surface area (Å²) in [6.07, 6.45) is 0. The second-order valence-corrected chi connectivity index (χ2v) is 5.24. The minimum Gasteiger partial charge on any atom is -0.493 e. The van der Waals surface area contributed by atoms with Crippen LogP contribution in [0.25, 0.3) is 0 Å². The van der Waals surface area contributed by atoms with E-state index in [1.807, 2.05) is 19.1 Å². The maximum Gasteiger partial charge on any atom is 0.203 e. The van der Waals surface area contributed by atoms with E-state index in [-0.39, 0.29) is 0 Å². The molecule has 124 valence electrons. The molecule has 0 aromatic heterocycles. The van der Waals surface area contributed by atoms with E-state index < -0.39 is 0 Å². The lowest BCUT2D eigenvalue weighted by Gasteiger charge is -2.15. The highest BCUT2D eigenvalue weighted by Gasteiger charge is 2.13. The van der Waals surface area contributed by atoms with E-state index in [0.717, 1.165) is 12.1 Å². The third kappa shape index (κ3) is 5.35. The molecular formula is C16H27N3O3. The molecule has 0 aliphatic rings. The fraction of sp³-hybridized carbons (Fsp3) is 0.562. The summed E-state index contributed by atoms with van der Waals surface area (Å²) in [6, 6.07) is 3.76. The standard InChI is InChI=1S/C16H27N3O3/c1-6-22-15-13(20-4)7-12(8-14(15)21-5)10-19-16(17)18-9-11(2)3/h7-8,11H,6,9-10H2,1-5H3,(H3,17,18,19). The van der Waals surface area contributed by atoms with Gasteiger partial charge in [0.25, 0.3) is 0 Å². The van der Waals surface area contributed by atoms with Gasteiger partial charge in [-0.3, -0.25) is 0 Å². The van der Waals surface area contributed by atoms with Crippen LogP contribution in [0.5, 0.6) is 17.2 Å². The van der Waals surface area contributed by atoms with Gasteiger partial charge in [-0.15, -0.1) is 0 Å². The van der Waals surface area contributed by atoms with E-state index in [2.05, 4.69) is 24.2 Å². The number of ether oxygens (including phenoxy) is 3. The molecule has 1 rings (SSSR count). The highest BCUT2D eigenvalue weighted by Crippen LogP contribution is 2.38. The molecule has 0 saturated carbocycles. The van der Waals surface area contributed by atoms with Gasteiger partial charge in [0.1, 0.15) is 0 Å². The van der Waals surface area contributed by atoms with Gasteiger partial charge in [-0.1, -0.05) is 13.8 Å². The second kappa shape index (κ2) is 9.02. The van der Waals surface area contributed by atoms with E-state index in [4.69, 9.17) is 19.9 Å². The van der Waals surface area contributed by atoms with Crippen LogP contribution in [-0.4, -0.2) is 33.3 Å². The predicted octanol–water partition coefficient (Wildman–Crippen LogP) is 2.16. The van der Waals surface area contributed by atoms with Crippen LogP contribution >= 0.6 is 0 Å². The van der Waals surface area contributed by atoms with Gasteiger partial charge in [0, 0.05) is 6.54 Å². The molecule has 0 fully saturated rings. The predicted molar refractivity (Wildman–Crippen MR) is 88.9 cm³/mol. The first kappa shape index (κ1) is 17.9. The van der Waals surface area contributed by atoms with Crippen LogP contribution in [0.15, 0.2) is 17.1 Å². The Morgan fingerprint density at radius 1 is 1.23 bits per heavy atom. The number of benzene rings is 1. The van der Waals surface area contributed by atoms with Crippen LogP contribution in [0.1, 0.15) is 26.3 Å². The molecular weight excluding hydrogens is 282 g/mol. The molecule has 6 heteroatoms. The second-order valence-electron chi connectivity index (χ2n) is 5.24. The van der Waals surface area contributed by atoms with Crippen LogP contribution in [0.2, 0.25) is 0 Å². The van der Waals surface area contributed by atoms with Gasteiger partial charge in [-0.05, 0) is 30.5 Å². The molecule has 0 atom stereocenters. The Balaban J connectivity index is 2.89. The Labute approximate surface area is 132 Å². The SMILES string of the molecule is CCOc1c(OC)cc(CN=C(N)NCC(C)C)cc1OC. The highest BCUT2D eigenvalue weighted by molar-refractivity contribution is 5.77. The summed E-state index contributed by atoms with van der Waals surface area (Å²) in [4.78, 5) is 4.32. The van der Waals surface area contributed by atoms with Crippen LogP contribution in [0, 0.1) is 5.92 Å². The fourth-order valence-corrected chi connectivity index (χ4v) is 1.85. The molecule has 0 aliphatic heterocycles. The number of nitrogens with one attached hydrogen (secondary N) is 1. The summed E-state index contributed by atoms with van der Waals surface area (Å²) >= 11 is 0. The maximum absolute atomic E-state index is 5.84. The van der Waals surface area contributed by atoms with Gasteiger partial charge in [-0.2, -0.15) is 0 Å². The molecule has 0 radical (unpaired) electrons. The zero-order chi connectivity index (χ0) is 16.5. The van der Waals surface area contributed by atoms with Gasteiger partial charge in [0.05, 0.1) is 27.4 Å². The summed E-state index contributed by atoms with van der Waals surface area (Å²) in [5, 5.41) is 3.08. The molecule has 0 bridgehead atoms. The molecule has 1 aromatic rings. The zero-order valence-corrected chi connectivity index (χ0v) is 14.1. The lowest BCUT2D eigenvalue weighted by molar-refractivity contribution is 0.288. The first-order valence-electron chi connectivity index (χ1n) is 7.43. The van der Waals surface area contributed by atoms with Crippen molar-refractivity contribution in [2.45, 2.75) is 27.3 Å². The van der Waals surface area contributed by atoms with Gasteiger partial charge < -0.3 is 25.3 Å². The maximum atomic E-state index is 5.84. The molecule has 3 N–H and O–H groups in total. The molecule has 0 saturated heterocycles. The number of guanidine groups is 1. The Hall–Kier alpha value is -2.11. The van der Waals surface area contributed by atoms with Gasteiger partial charge in [-0.25, -0.2) is 4.99 Å². The van der Waals surface area contributed by atoms with Gasteiger partial charge in [0.2, 0.25) is 5.75 Å². The summed E-state index contributed by atoms with van der Waals surface area (Å²) in [6.45, 7) is 7.92.